The molecule has 1 unspecified atom stereocenters. The fraction of sp³-hybridized carbons (Fsp3) is 0.263. The molecule has 2 heterocycles. The van der Waals surface area contributed by atoms with E-state index in [0.717, 1.165) is 34.3 Å². The van der Waals surface area contributed by atoms with E-state index in [0.29, 0.717) is 13.2 Å². The summed E-state index contributed by atoms with van der Waals surface area (Å²) in [7, 11) is -1.74. The Morgan fingerprint density at radius 3 is 2.58 bits per heavy atom. The lowest BCUT2D eigenvalue weighted by molar-refractivity contribution is 0.142. The molecule has 0 bridgehead atoms. The third kappa shape index (κ3) is 3.23. The first kappa shape index (κ1) is 17.2. The van der Waals surface area contributed by atoms with Crippen LogP contribution >= 0.6 is 7.60 Å². The van der Waals surface area contributed by atoms with Crippen molar-refractivity contribution in [2.24, 2.45) is 0 Å². The molecular formula is C19H21N2O4P. The van der Waals surface area contributed by atoms with Crippen LogP contribution in [0.2, 0.25) is 0 Å². The van der Waals surface area contributed by atoms with E-state index in [1.54, 1.807) is 7.11 Å². The summed E-state index contributed by atoms with van der Waals surface area (Å²) in [5, 5.41) is 4.34. The van der Waals surface area contributed by atoms with Crippen LogP contribution in [0.5, 0.6) is 5.75 Å². The zero-order valence-electron chi connectivity index (χ0n) is 14.5. The number of ether oxygens (including phenoxy) is 1. The standard InChI is InChI=1S/C19H21N2O4P/c1-23-15-9-7-14(8-10-15)21-19(26(22)24-11-4-12-25-26)17-13-20-18-6-3-2-5-16(17)18/h2-3,5-10,13,19-21H,4,11-12H2,1H3. The van der Waals surface area contributed by atoms with Gasteiger partial charge in [0.05, 0.1) is 20.3 Å². The Morgan fingerprint density at radius 2 is 1.85 bits per heavy atom. The van der Waals surface area contributed by atoms with Crippen molar-refractivity contribution >= 4 is 24.2 Å². The number of aromatic amines is 1. The summed E-state index contributed by atoms with van der Waals surface area (Å²) in [5.41, 5.74) is 2.66. The van der Waals surface area contributed by atoms with Crippen LogP contribution < -0.4 is 10.1 Å². The van der Waals surface area contributed by atoms with Crippen molar-refractivity contribution in [3.8, 4) is 5.75 Å². The number of para-hydroxylation sites is 1. The zero-order chi connectivity index (χ0) is 18.0. The number of anilines is 1. The summed E-state index contributed by atoms with van der Waals surface area (Å²) in [6.45, 7) is 0.862. The highest BCUT2D eigenvalue weighted by atomic mass is 31.2. The summed E-state index contributed by atoms with van der Waals surface area (Å²) in [5.74, 6) is 0.156. The largest absolute Gasteiger partial charge is 0.497 e. The predicted molar refractivity (Wildman–Crippen MR) is 102 cm³/mol. The van der Waals surface area contributed by atoms with E-state index in [9.17, 15) is 4.57 Å². The van der Waals surface area contributed by atoms with Gasteiger partial charge in [0, 0.05) is 28.4 Å². The molecule has 0 spiro atoms. The highest BCUT2D eigenvalue weighted by Crippen LogP contribution is 2.63. The Bertz CT molecular complexity index is 928. The molecule has 26 heavy (non-hydrogen) atoms. The van der Waals surface area contributed by atoms with Gasteiger partial charge in [-0.25, -0.2) is 0 Å². The molecule has 1 aliphatic heterocycles. The van der Waals surface area contributed by atoms with Gasteiger partial charge in [0.15, 0.2) is 5.78 Å². The third-order valence-electron chi connectivity index (χ3n) is 4.46. The molecule has 0 saturated carbocycles. The minimum atomic E-state index is -3.36. The number of methoxy groups -OCH3 is 1. The van der Waals surface area contributed by atoms with Crippen LogP contribution in [0.15, 0.2) is 54.7 Å². The number of hydrogen-bond donors (Lipinski definition) is 2. The topological polar surface area (TPSA) is 72.6 Å². The van der Waals surface area contributed by atoms with Crippen molar-refractivity contribution < 1.29 is 18.3 Å². The summed E-state index contributed by atoms with van der Waals surface area (Å²) in [4.78, 5) is 3.24. The molecule has 1 atom stereocenters. The van der Waals surface area contributed by atoms with Crippen LogP contribution in [0.3, 0.4) is 0 Å². The van der Waals surface area contributed by atoms with E-state index in [1.807, 2.05) is 54.7 Å². The summed E-state index contributed by atoms with van der Waals surface area (Å²) >= 11 is 0. The van der Waals surface area contributed by atoms with E-state index in [2.05, 4.69) is 10.3 Å². The van der Waals surface area contributed by atoms with Crippen LogP contribution in [0.4, 0.5) is 5.69 Å². The lowest BCUT2D eigenvalue weighted by Crippen LogP contribution is -2.19. The number of benzene rings is 2. The lowest BCUT2D eigenvalue weighted by atomic mass is 10.1. The molecule has 6 nitrogen and oxygen atoms in total. The van der Waals surface area contributed by atoms with Crippen molar-refractivity contribution in [2.75, 3.05) is 25.6 Å². The molecule has 2 N–H and O–H groups in total. The van der Waals surface area contributed by atoms with Gasteiger partial charge in [0.25, 0.3) is 0 Å². The van der Waals surface area contributed by atoms with Gasteiger partial charge in [-0.05, 0) is 36.8 Å². The Balaban J connectivity index is 1.75. The maximum atomic E-state index is 13.5. The molecule has 4 rings (SSSR count). The molecule has 1 aliphatic rings. The third-order valence-corrected chi connectivity index (χ3v) is 6.58. The Hall–Kier alpha value is -2.27. The quantitative estimate of drug-likeness (QED) is 0.622. The second-order valence-corrected chi connectivity index (χ2v) is 8.24. The number of H-pyrrole nitrogens is 1. The van der Waals surface area contributed by atoms with E-state index in [-0.39, 0.29) is 0 Å². The predicted octanol–water partition coefficient (Wildman–Crippen LogP) is 4.92. The van der Waals surface area contributed by atoms with Gasteiger partial charge < -0.3 is 24.1 Å². The fourth-order valence-electron chi connectivity index (χ4n) is 3.12. The Labute approximate surface area is 152 Å². The number of hydrogen-bond acceptors (Lipinski definition) is 5. The van der Waals surface area contributed by atoms with Crippen molar-refractivity contribution in [1.29, 1.82) is 0 Å². The number of aromatic nitrogens is 1. The Kier molecular flexibility index (Phi) is 4.72. The van der Waals surface area contributed by atoms with Gasteiger partial charge in [-0.2, -0.15) is 0 Å². The molecule has 0 radical (unpaired) electrons. The number of nitrogens with one attached hydrogen (secondary N) is 2. The molecule has 2 aromatic carbocycles. The SMILES string of the molecule is COc1ccc(NC(c2c[nH]c3ccccc23)P2(=O)OCCCO2)cc1. The van der Waals surface area contributed by atoms with Crippen molar-refractivity contribution in [3.05, 3.63) is 60.3 Å². The van der Waals surface area contributed by atoms with Crippen LogP contribution in [0, 0.1) is 0 Å². The second-order valence-electron chi connectivity index (χ2n) is 6.12. The van der Waals surface area contributed by atoms with Crippen molar-refractivity contribution in [1.82, 2.24) is 4.98 Å². The lowest BCUT2D eigenvalue weighted by Gasteiger charge is -2.31. The van der Waals surface area contributed by atoms with E-state index < -0.39 is 13.4 Å². The molecule has 1 saturated heterocycles. The molecular weight excluding hydrogens is 351 g/mol. The van der Waals surface area contributed by atoms with Crippen molar-refractivity contribution in [3.63, 3.8) is 0 Å². The van der Waals surface area contributed by atoms with Crippen LogP contribution in [-0.2, 0) is 13.6 Å². The van der Waals surface area contributed by atoms with E-state index >= 15 is 0 Å². The first-order valence-corrected chi connectivity index (χ1v) is 10.2. The Morgan fingerprint density at radius 1 is 1.12 bits per heavy atom. The molecule has 1 aromatic heterocycles. The summed E-state index contributed by atoms with van der Waals surface area (Å²) < 4.78 is 30.0. The van der Waals surface area contributed by atoms with Crippen LogP contribution in [0.1, 0.15) is 17.8 Å². The normalized spacial score (nSPS) is 17.7. The van der Waals surface area contributed by atoms with Gasteiger partial charge in [0.2, 0.25) is 0 Å². The maximum Gasteiger partial charge on any atom is 0.357 e. The molecule has 136 valence electrons. The van der Waals surface area contributed by atoms with Crippen LogP contribution in [-0.4, -0.2) is 25.3 Å². The maximum absolute atomic E-state index is 13.5. The van der Waals surface area contributed by atoms with Gasteiger partial charge in [-0.15, -0.1) is 0 Å². The molecule has 3 aromatic rings. The van der Waals surface area contributed by atoms with Crippen molar-refractivity contribution in [2.45, 2.75) is 12.2 Å². The molecule has 7 heteroatoms. The van der Waals surface area contributed by atoms with Gasteiger partial charge >= 0.3 is 7.60 Å². The monoisotopic (exact) mass is 372 g/mol. The first-order chi connectivity index (χ1) is 12.7. The summed E-state index contributed by atoms with van der Waals surface area (Å²) in [6.07, 6.45) is 2.61. The molecule has 0 amide bonds. The van der Waals surface area contributed by atoms with E-state index in [1.165, 1.54) is 0 Å². The summed E-state index contributed by atoms with van der Waals surface area (Å²) in [6, 6.07) is 15.4. The number of rotatable bonds is 5. The second kappa shape index (κ2) is 7.16. The highest BCUT2D eigenvalue weighted by molar-refractivity contribution is 7.54. The van der Waals surface area contributed by atoms with Gasteiger partial charge in [0.1, 0.15) is 5.75 Å². The van der Waals surface area contributed by atoms with Crippen LogP contribution in [0.25, 0.3) is 10.9 Å². The molecule has 0 aliphatic carbocycles. The van der Waals surface area contributed by atoms with Gasteiger partial charge in [-0.1, -0.05) is 18.2 Å². The smallest absolute Gasteiger partial charge is 0.357 e. The highest BCUT2D eigenvalue weighted by Gasteiger charge is 2.40. The van der Waals surface area contributed by atoms with Gasteiger partial charge in [-0.3, -0.25) is 4.57 Å². The number of fused-ring (bicyclic) bond motifs is 1. The zero-order valence-corrected chi connectivity index (χ0v) is 15.4. The minimum Gasteiger partial charge on any atom is -0.497 e. The fourth-order valence-corrected chi connectivity index (χ4v) is 5.12. The van der Waals surface area contributed by atoms with E-state index in [4.69, 9.17) is 13.8 Å². The molecule has 1 fully saturated rings. The minimum absolute atomic E-state index is 0.431. The first-order valence-electron chi connectivity index (χ1n) is 8.55. The average Bonchev–Trinajstić information content (AvgIpc) is 3.11. The average molecular weight is 372 g/mol.